The lowest BCUT2D eigenvalue weighted by molar-refractivity contribution is 0.0595. The molecule has 0 heterocycles. The van der Waals surface area contributed by atoms with E-state index in [1.54, 1.807) is 13.0 Å². The van der Waals surface area contributed by atoms with Gasteiger partial charge in [0, 0.05) is 16.6 Å². The van der Waals surface area contributed by atoms with Crippen LogP contribution in [0.5, 0.6) is 5.75 Å². The lowest BCUT2D eigenvalue weighted by Crippen LogP contribution is -2.27. The molecule has 0 amide bonds. The van der Waals surface area contributed by atoms with E-state index >= 15 is 0 Å². The Labute approximate surface area is 114 Å². The Morgan fingerprint density at radius 2 is 2.00 bits per heavy atom. The predicted octanol–water partition coefficient (Wildman–Crippen LogP) is 3.16. The Hall–Kier alpha value is -0.770. The molecule has 18 heavy (non-hydrogen) atoms. The first-order valence-corrected chi connectivity index (χ1v) is 6.71. The molecule has 0 saturated heterocycles. The van der Waals surface area contributed by atoms with Crippen LogP contribution in [0.25, 0.3) is 0 Å². The first-order chi connectivity index (χ1) is 8.45. The van der Waals surface area contributed by atoms with Crippen LogP contribution in [0.3, 0.4) is 0 Å². The number of benzene rings is 1. The molecule has 0 bridgehead atoms. The summed E-state index contributed by atoms with van der Waals surface area (Å²) >= 11 is 6.03. The Bertz CT molecular complexity index is 382. The summed E-state index contributed by atoms with van der Waals surface area (Å²) in [5.41, 5.74) is 1.01. The molecule has 0 aliphatic heterocycles. The molecule has 0 aliphatic carbocycles. The van der Waals surface area contributed by atoms with E-state index in [9.17, 15) is 5.11 Å². The Kier molecular flexibility index (Phi) is 5.93. The van der Waals surface area contributed by atoms with Crippen LogP contribution in [-0.2, 0) is 0 Å². The molecule has 1 aromatic rings. The Balaban J connectivity index is 2.96. The van der Waals surface area contributed by atoms with E-state index in [1.807, 2.05) is 19.1 Å². The van der Waals surface area contributed by atoms with Gasteiger partial charge in [-0.05, 0) is 45.5 Å². The molecule has 0 fully saturated rings. The molecule has 2 N–H and O–H groups in total. The second-order valence-electron chi connectivity index (χ2n) is 4.53. The van der Waals surface area contributed by atoms with Crippen LogP contribution >= 0.6 is 11.6 Å². The average Bonchev–Trinajstić information content (AvgIpc) is 2.31. The maximum atomic E-state index is 9.50. The predicted molar refractivity (Wildman–Crippen MR) is 75.3 cm³/mol. The van der Waals surface area contributed by atoms with Gasteiger partial charge in [0.2, 0.25) is 0 Å². The van der Waals surface area contributed by atoms with Crippen molar-refractivity contribution in [3.05, 3.63) is 28.8 Å². The van der Waals surface area contributed by atoms with Crippen molar-refractivity contribution in [3.8, 4) is 5.75 Å². The minimum absolute atomic E-state index is 0.157. The lowest BCUT2D eigenvalue weighted by atomic mass is 10.1. The highest BCUT2D eigenvalue weighted by Gasteiger charge is 2.16. The van der Waals surface area contributed by atoms with E-state index < -0.39 is 6.10 Å². The van der Waals surface area contributed by atoms with Crippen molar-refractivity contribution in [2.45, 2.75) is 45.9 Å². The molecule has 1 aromatic carbocycles. The fourth-order valence-corrected chi connectivity index (χ4v) is 1.86. The molecule has 0 aromatic heterocycles. The average molecular weight is 272 g/mol. The molecule has 0 radical (unpaired) electrons. The third-order valence-electron chi connectivity index (χ3n) is 2.94. The second kappa shape index (κ2) is 6.98. The van der Waals surface area contributed by atoms with Gasteiger partial charge in [0.1, 0.15) is 11.9 Å². The Morgan fingerprint density at radius 1 is 1.33 bits per heavy atom. The van der Waals surface area contributed by atoms with Gasteiger partial charge in [0.25, 0.3) is 0 Å². The van der Waals surface area contributed by atoms with Crippen molar-refractivity contribution < 1.29 is 9.84 Å². The molecule has 1 rings (SSSR count). The topological polar surface area (TPSA) is 41.5 Å². The molecule has 0 saturated carbocycles. The van der Waals surface area contributed by atoms with Crippen molar-refractivity contribution in [2.75, 3.05) is 6.54 Å². The van der Waals surface area contributed by atoms with E-state index in [0.29, 0.717) is 5.02 Å². The number of hydrogen-bond acceptors (Lipinski definition) is 3. The number of nitrogens with one attached hydrogen (secondary N) is 1. The Morgan fingerprint density at radius 3 is 2.56 bits per heavy atom. The van der Waals surface area contributed by atoms with Crippen LogP contribution in [0, 0.1) is 0 Å². The molecule has 4 heteroatoms. The third-order valence-corrected chi connectivity index (χ3v) is 3.18. The maximum Gasteiger partial charge on any atom is 0.124 e. The summed E-state index contributed by atoms with van der Waals surface area (Å²) in [7, 11) is 0. The summed E-state index contributed by atoms with van der Waals surface area (Å²) in [6.45, 7) is 8.56. The monoisotopic (exact) mass is 271 g/mol. The van der Waals surface area contributed by atoms with Crippen molar-refractivity contribution in [3.63, 3.8) is 0 Å². The number of aliphatic hydroxyl groups is 1. The van der Waals surface area contributed by atoms with Gasteiger partial charge >= 0.3 is 0 Å². The fraction of sp³-hybridized carbons (Fsp3) is 0.571. The van der Waals surface area contributed by atoms with Crippen LogP contribution in [-0.4, -0.2) is 23.9 Å². The lowest BCUT2D eigenvalue weighted by Gasteiger charge is -2.22. The van der Waals surface area contributed by atoms with Gasteiger partial charge in [-0.1, -0.05) is 18.5 Å². The number of ether oxygens (including phenoxy) is 1. The highest BCUT2D eigenvalue weighted by Crippen LogP contribution is 2.29. The van der Waals surface area contributed by atoms with E-state index in [1.165, 1.54) is 0 Å². The largest absolute Gasteiger partial charge is 0.488 e. The van der Waals surface area contributed by atoms with Crippen LogP contribution in [0.2, 0.25) is 5.02 Å². The zero-order chi connectivity index (χ0) is 13.7. The SMILES string of the molecule is CCNC(C)c1cc(Cl)ccc1OC(C)C(C)O. The quantitative estimate of drug-likeness (QED) is 0.835. The highest BCUT2D eigenvalue weighted by molar-refractivity contribution is 6.30. The minimum atomic E-state index is -0.511. The van der Waals surface area contributed by atoms with E-state index in [-0.39, 0.29) is 12.1 Å². The van der Waals surface area contributed by atoms with Crippen LogP contribution in [0.4, 0.5) is 0 Å². The summed E-state index contributed by atoms with van der Waals surface area (Å²) in [6, 6.07) is 5.71. The van der Waals surface area contributed by atoms with Gasteiger partial charge in [0.05, 0.1) is 6.10 Å². The van der Waals surface area contributed by atoms with Gasteiger partial charge in [-0.25, -0.2) is 0 Å². The molecule has 3 atom stereocenters. The van der Waals surface area contributed by atoms with Gasteiger partial charge in [-0.3, -0.25) is 0 Å². The normalized spacial score (nSPS) is 16.1. The first-order valence-electron chi connectivity index (χ1n) is 6.33. The first kappa shape index (κ1) is 15.3. The second-order valence-corrected chi connectivity index (χ2v) is 4.96. The molecular formula is C14H22ClNO2. The maximum absolute atomic E-state index is 9.50. The molecule has 3 unspecified atom stereocenters. The fourth-order valence-electron chi connectivity index (χ4n) is 1.68. The van der Waals surface area contributed by atoms with Gasteiger partial charge in [-0.2, -0.15) is 0 Å². The van der Waals surface area contributed by atoms with E-state index in [2.05, 4.69) is 19.2 Å². The summed E-state index contributed by atoms with van der Waals surface area (Å²) < 4.78 is 5.78. The zero-order valence-electron chi connectivity index (χ0n) is 11.4. The summed E-state index contributed by atoms with van der Waals surface area (Å²) in [5.74, 6) is 0.765. The van der Waals surface area contributed by atoms with E-state index in [4.69, 9.17) is 16.3 Å². The molecule has 3 nitrogen and oxygen atoms in total. The smallest absolute Gasteiger partial charge is 0.124 e. The minimum Gasteiger partial charge on any atom is -0.488 e. The van der Waals surface area contributed by atoms with Gasteiger partial charge in [0.15, 0.2) is 0 Å². The van der Waals surface area contributed by atoms with Gasteiger partial charge in [-0.15, -0.1) is 0 Å². The van der Waals surface area contributed by atoms with Crippen molar-refractivity contribution in [1.29, 1.82) is 0 Å². The number of halogens is 1. The molecule has 102 valence electrons. The summed E-state index contributed by atoms with van der Waals surface area (Å²) in [5, 5.41) is 13.5. The zero-order valence-corrected chi connectivity index (χ0v) is 12.2. The van der Waals surface area contributed by atoms with Crippen molar-refractivity contribution >= 4 is 11.6 Å². The molecule has 0 spiro atoms. The number of aliphatic hydroxyl groups excluding tert-OH is 1. The molecular weight excluding hydrogens is 250 g/mol. The summed E-state index contributed by atoms with van der Waals surface area (Å²) in [6.07, 6.45) is -0.762. The number of rotatable bonds is 6. The summed E-state index contributed by atoms with van der Waals surface area (Å²) in [4.78, 5) is 0. The van der Waals surface area contributed by atoms with Crippen molar-refractivity contribution in [1.82, 2.24) is 5.32 Å². The van der Waals surface area contributed by atoms with Gasteiger partial charge < -0.3 is 15.2 Å². The van der Waals surface area contributed by atoms with Crippen LogP contribution < -0.4 is 10.1 Å². The van der Waals surface area contributed by atoms with Crippen LogP contribution in [0.15, 0.2) is 18.2 Å². The highest BCUT2D eigenvalue weighted by atomic mass is 35.5. The van der Waals surface area contributed by atoms with Crippen LogP contribution in [0.1, 0.15) is 39.3 Å². The third kappa shape index (κ3) is 4.16. The van der Waals surface area contributed by atoms with E-state index in [0.717, 1.165) is 17.9 Å². The van der Waals surface area contributed by atoms with Crippen molar-refractivity contribution in [2.24, 2.45) is 0 Å². The molecule has 0 aliphatic rings. The standard InChI is InChI=1S/C14H22ClNO2/c1-5-16-9(2)13-8-12(15)6-7-14(13)18-11(4)10(3)17/h6-11,16-17H,5H2,1-4H3. The number of hydrogen-bond donors (Lipinski definition) is 2.